The predicted octanol–water partition coefficient (Wildman–Crippen LogP) is 2.57. The number of benzene rings is 1. The van der Waals surface area contributed by atoms with Crippen LogP contribution in [0.15, 0.2) is 58.7 Å². The largest absolute Gasteiger partial charge is 0.484 e. The molecule has 0 fully saturated rings. The smallest absolute Gasteiger partial charge is 0.257 e. The molecule has 0 unspecified atom stereocenters. The Kier molecular flexibility index (Phi) is 7.34. The standard InChI is InChI=1S/C24H29N5O3/c1-19(16-21-8-5-15-31-21)17-28-12-10-23-27-26-22(29(23)14-13-28)9-11-25-24(30)18-32-20-6-3-2-4-7-20/h2-8,15-16H,9-14,17-18H2,1H3,(H,25,30)/b19-16+. The molecule has 0 saturated heterocycles. The van der Waals surface area contributed by atoms with Gasteiger partial charge < -0.3 is 19.0 Å². The van der Waals surface area contributed by atoms with Gasteiger partial charge in [0.15, 0.2) is 6.61 Å². The molecule has 8 nitrogen and oxygen atoms in total. The number of para-hydroxylation sites is 1. The highest BCUT2D eigenvalue weighted by atomic mass is 16.5. The van der Waals surface area contributed by atoms with Crippen LogP contribution in [0.2, 0.25) is 0 Å². The quantitative estimate of drug-likeness (QED) is 0.556. The Balaban J connectivity index is 1.23. The highest BCUT2D eigenvalue weighted by Crippen LogP contribution is 2.13. The fourth-order valence-electron chi connectivity index (χ4n) is 3.81. The van der Waals surface area contributed by atoms with Crippen LogP contribution in [-0.2, 0) is 24.2 Å². The van der Waals surface area contributed by atoms with Crippen LogP contribution in [0.3, 0.4) is 0 Å². The molecule has 0 radical (unpaired) electrons. The van der Waals surface area contributed by atoms with E-state index in [1.165, 1.54) is 5.57 Å². The van der Waals surface area contributed by atoms with Crippen molar-refractivity contribution in [1.82, 2.24) is 25.0 Å². The van der Waals surface area contributed by atoms with Gasteiger partial charge in [0.25, 0.3) is 5.91 Å². The first-order valence-corrected chi connectivity index (χ1v) is 11.0. The van der Waals surface area contributed by atoms with Gasteiger partial charge in [-0.25, -0.2) is 0 Å². The SMILES string of the molecule is C/C(=C\c1ccco1)CN1CCc2nnc(CCNC(=O)COc3ccccc3)n2CC1. The number of hydrogen-bond acceptors (Lipinski definition) is 6. The molecule has 3 heterocycles. The molecule has 2 aromatic heterocycles. The highest BCUT2D eigenvalue weighted by Gasteiger charge is 2.18. The van der Waals surface area contributed by atoms with Gasteiger partial charge in [0.1, 0.15) is 23.2 Å². The minimum atomic E-state index is -0.144. The number of fused-ring (bicyclic) bond motifs is 1. The van der Waals surface area contributed by atoms with Crippen molar-refractivity contribution in [3.63, 3.8) is 0 Å². The second-order valence-corrected chi connectivity index (χ2v) is 7.92. The van der Waals surface area contributed by atoms with Crippen molar-refractivity contribution in [2.75, 3.05) is 32.8 Å². The monoisotopic (exact) mass is 435 g/mol. The number of carbonyl (C=O) groups is 1. The molecule has 0 saturated carbocycles. The molecule has 4 rings (SSSR count). The maximum absolute atomic E-state index is 12.1. The van der Waals surface area contributed by atoms with Gasteiger partial charge >= 0.3 is 0 Å². The summed E-state index contributed by atoms with van der Waals surface area (Å²) in [7, 11) is 0. The van der Waals surface area contributed by atoms with E-state index in [0.717, 1.165) is 50.0 Å². The van der Waals surface area contributed by atoms with Crippen LogP contribution in [0.1, 0.15) is 24.3 Å². The van der Waals surface area contributed by atoms with Gasteiger partial charge in [0.2, 0.25) is 0 Å². The van der Waals surface area contributed by atoms with Crippen LogP contribution in [0, 0.1) is 0 Å². The minimum absolute atomic E-state index is 0.00177. The van der Waals surface area contributed by atoms with E-state index < -0.39 is 0 Å². The van der Waals surface area contributed by atoms with Gasteiger partial charge in [0.05, 0.1) is 6.26 Å². The van der Waals surface area contributed by atoms with Crippen LogP contribution >= 0.6 is 0 Å². The summed E-state index contributed by atoms with van der Waals surface area (Å²) in [6, 6.07) is 13.2. The average molecular weight is 436 g/mol. The van der Waals surface area contributed by atoms with E-state index in [-0.39, 0.29) is 12.5 Å². The second-order valence-electron chi connectivity index (χ2n) is 7.92. The fourth-order valence-corrected chi connectivity index (χ4v) is 3.81. The highest BCUT2D eigenvalue weighted by molar-refractivity contribution is 5.77. The predicted molar refractivity (Wildman–Crippen MR) is 121 cm³/mol. The van der Waals surface area contributed by atoms with Crippen molar-refractivity contribution < 1.29 is 13.9 Å². The van der Waals surface area contributed by atoms with Gasteiger partial charge in [-0.3, -0.25) is 9.69 Å². The molecule has 8 heteroatoms. The number of carbonyl (C=O) groups excluding carboxylic acids is 1. The summed E-state index contributed by atoms with van der Waals surface area (Å²) in [6.45, 7) is 6.24. The lowest BCUT2D eigenvalue weighted by Gasteiger charge is -2.19. The van der Waals surface area contributed by atoms with Crippen LogP contribution in [0.5, 0.6) is 5.75 Å². The number of furan rings is 1. The zero-order valence-corrected chi connectivity index (χ0v) is 18.4. The Labute approximate surface area is 187 Å². The van der Waals surface area contributed by atoms with Crippen LogP contribution in [0.25, 0.3) is 6.08 Å². The number of rotatable bonds is 9. The Morgan fingerprint density at radius 1 is 1.16 bits per heavy atom. The minimum Gasteiger partial charge on any atom is -0.484 e. The molecule has 1 aliphatic heterocycles. The van der Waals surface area contributed by atoms with Crippen molar-refractivity contribution in [1.29, 1.82) is 0 Å². The Morgan fingerprint density at radius 2 is 2.03 bits per heavy atom. The third-order valence-corrected chi connectivity index (χ3v) is 5.38. The number of hydrogen-bond donors (Lipinski definition) is 1. The number of nitrogens with zero attached hydrogens (tertiary/aromatic N) is 4. The van der Waals surface area contributed by atoms with E-state index in [1.807, 2.05) is 42.5 Å². The van der Waals surface area contributed by atoms with Crippen molar-refractivity contribution in [2.45, 2.75) is 26.3 Å². The fraction of sp³-hybridized carbons (Fsp3) is 0.375. The van der Waals surface area contributed by atoms with Crippen LogP contribution in [0.4, 0.5) is 0 Å². The summed E-state index contributed by atoms with van der Waals surface area (Å²) in [6.07, 6.45) is 5.28. The summed E-state index contributed by atoms with van der Waals surface area (Å²) < 4.78 is 13.1. The number of ether oxygens (including phenoxy) is 1. The molecule has 0 bridgehead atoms. The van der Waals surface area contributed by atoms with Gasteiger partial charge in [-0.2, -0.15) is 0 Å². The Bertz CT molecular complexity index is 1030. The molecule has 32 heavy (non-hydrogen) atoms. The van der Waals surface area contributed by atoms with E-state index in [2.05, 4.69) is 38.0 Å². The number of amides is 1. The summed E-state index contributed by atoms with van der Waals surface area (Å²) in [5, 5.41) is 11.6. The van der Waals surface area contributed by atoms with Gasteiger partial charge in [-0.05, 0) is 37.3 Å². The zero-order valence-electron chi connectivity index (χ0n) is 18.4. The molecule has 168 valence electrons. The number of aromatic nitrogens is 3. The van der Waals surface area contributed by atoms with Gasteiger partial charge in [-0.1, -0.05) is 23.8 Å². The van der Waals surface area contributed by atoms with E-state index in [1.54, 1.807) is 6.26 Å². The normalized spacial score (nSPS) is 14.6. The molecule has 0 spiro atoms. The molecule has 0 aliphatic carbocycles. The molecular weight excluding hydrogens is 406 g/mol. The molecular formula is C24H29N5O3. The first kappa shape index (κ1) is 21.8. The third-order valence-electron chi connectivity index (χ3n) is 5.38. The Morgan fingerprint density at radius 3 is 2.84 bits per heavy atom. The molecule has 0 atom stereocenters. The van der Waals surface area contributed by atoms with Crippen molar-refractivity contribution in [2.24, 2.45) is 0 Å². The van der Waals surface area contributed by atoms with Gasteiger partial charge in [-0.15, -0.1) is 10.2 Å². The first-order valence-electron chi connectivity index (χ1n) is 11.0. The summed E-state index contributed by atoms with van der Waals surface area (Å²) in [5.41, 5.74) is 1.26. The third kappa shape index (κ3) is 6.07. The van der Waals surface area contributed by atoms with Crippen LogP contribution < -0.4 is 10.1 Å². The Hall–Kier alpha value is -3.39. The van der Waals surface area contributed by atoms with Crippen molar-refractivity contribution >= 4 is 12.0 Å². The lowest BCUT2D eigenvalue weighted by Crippen LogP contribution is -2.31. The summed E-state index contributed by atoms with van der Waals surface area (Å²) >= 11 is 0. The summed E-state index contributed by atoms with van der Waals surface area (Å²) in [4.78, 5) is 14.5. The van der Waals surface area contributed by atoms with Crippen molar-refractivity contribution in [3.8, 4) is 5.75 Å². The lowest BCUT2D eigenvalue weighted by atomic mass is 10.2. The maximum atomic E-state index is 12.1. The molecule has 1 amide bonds. The van der Waals surface area contributed by atoms with E-state index in [0.29, 0.717) is 18.7 Å². The topological polar surface area (TPSA) is 85.4 Å². The summed E-state index contributed by atoms with van der Waals surface area (Å²) in [5.74, 6) is 3.34. The molecule has 1 N–H and O–H groups in total. The van der Waals surface area contributed by atoms with E-state index in [9.17, 15) is 4.79 Å². The molecule has 1 aromatic carbocycles. The van der Waals surface area contributed by atoms with E-state index in [4.69, 9.17) is 9.15 Å². The number of nitrogens with one attached hydrogen (secondary N) is 1. The average Bonchev–Trinajstić information content (AvgIpc) is 3.40. The lowest BCUT2D eigenvalue weighted by molar-refractivity contribution is -0.123. The maximum Gasteiger partial charge on any atom is 0.257 e. The molecule has 1 aliphatic rings. The first-order chi connectivity index (χ1) is 15.7. The zero-order chi connectivity index (χ0) is 22.2. The van der Waals surface area contributed by atoms with Crippen molar-refractivity contribution in [3.05, 3.63) is 71.7 Å². The molecule has 3 aromatic rings. The van der Waals surface area contributed by atoms with Crippen LogP contribution in [-0.4, -0.2) is 58.4 Å². The van der Waals surface area contributed by atoms with E-state index >= 15 is 0 Å². The second kappa shape index (κ2) is 10.8. The van der Waals surface area contributed by atoms with Gasteiger partial charge in [0, 0.05) is 45.6 Å².